The van der Waals surface area contributed by atoms with Gasteiger partial charge in [-0.05, 0) is 42.5 Å². The summed E-state index contributed by atoms with van der Waals surface area (Å²) in [4.78, 5) is 29.8. The first-order valence-corrected chi connectivity index (χ1v) is 9.38. The Morgan fingerprint density at radius 1 is 1.00 bits per heavy atom. The van der Waals surface area contributed by atoms with Gasteiger partial charge in [0.1, 0.15) is 5.82 Å². The van der Waals surface area contributed by atoms with Crippen LogP contribution < -0.4 is 15.0 Å². The summed E-state index contributed by atoms with van der Waals surface area (Å²) >= 11 is 0. The third-order valence-electron chi connectivity index (χ3n) is 4.75. The molecular formula is C22H14F3N3O5. The first kappa shape index (κ1) is 21.8. The molecule has 8 nitrogen and oxygen atoms in total. The average Bonchev–Trinajstić information content (AvgIpc) is 2.78. The lowest BCUT2D eigenvalue weighted by molar-refractivity contribution is -0.385. The number of fused-ring (bicyclic) bond motifs is 1. The van der Waals surface area contributed by atoms with Gasteiger partial charge in [0.2, 0.25) is 5.75 Å². The van der Waals surface area contributed by atoms with Crippen molar-refractivity contribution in [3.05, 3.63) is 86.7 Å². The van der Waals surface area contributed by atoms with Gasteiger partial charge < -0.3 is 14.5 Å². The second-order valence-corrected chi connectivity index (χ2v) is 6.84. The molecule has 0 radical (unpaired) electrons. The predicted octanol–water partition coefficient (Wildman–Crippen LogP) is 5.32. The number of para-hydroxylation sites is 1. The van der Waals surface area contributed by atoms with Crippen LogP contribution in [0.25, 0.3) is 22.3 Å². The second-order valence-electron chi connectivity index (χ2n) is 6.84. The van der Waals surface area contributed by atoms with Crippen LogP contribution in [-0.2, 0) is 6.18 Å². The molecule has 168 valence electrons. The maximum Gasteiger partial charge on any atom is 0.416 e. The molecule has 4 rings (SSSR count). The molecule has 0 aliphatic carbocycles. The van der Waals surface area contributed by atoms with Crippen LogP contribution in [0, 0.1) is 10.1 Å². The fourth-order valence-electron chi connectivity index (χ4n) is 3.16. The maximum absolute atomic E-state index is 12.9. The summed E-state index contributed by atoms with van der Waals surface area (Å²) in [7, 11) is 1.32. The van der Waals surface area contributed by atoms with Crippen LogP contribution in [-0.4, -0.2) is 22.0 Å². The molecule has 0 atom stereocenters. The average molecular weight is 457 g/mol. The van der Waals surface area contributed by atoms with Gasteiger partial charge in [-0.2, -0.15) is 13.2 Å². The lowest BCUT2D eigenvalue weighted by Gasteiger charge is -2.13. The number of alkyl halides is 3. The number of rotatable bonds is 5. The highest BCUT2D eigenvalue weighted by Crippen LogP contribution is 2.40. The van der Waals surface area contributed by atoms with E-state index in [4.69, 9.17) is 9.47 Å². The Labute approximate surface area is 183 Å². The van der Waals surface area contributed by atoms with Gasteiger partial charge in [0.15, 0.2) is 11.5 Å². The number of hydrogen-bond donors (Lipinski definition) is 1. The topological polar surface area (TPSA) is 107 Å². The first-order chi connectivity index (χ1) is 15.7. The fourth-order valence-corrected chi connectivity index (χ4v) is 3.16. The molecule has 0 spiro atoms. The third-order valence-corrected chi connectivity index (χ3v) is 4.75. The van der Waals surface area contributed by atoms with Crippen molar-refractivity contribution in [3.63, 3.8) is 0 Å². The summed E-state index contributed by atoms with van der Waals surface area (Å²) in [5.74, 6) is 0.00472. The Kier molecular flexibility index (Phi) is 5.46. The number of hydrogen-bond acceptors (Lipinski definition) is 6. The minimum absolute atomic E-state index is 0.0206. The second kappa shape index (κ2) is 8.26. The van der Waals surface area contributed by atoms with Crippen molar-refractivity contribution in [1.29, 1.82) is 0 Å². The number of nitrogens with zero attached hydrogens (tertiary/aromatic N) is 2. The SMILES string of the molecule is COc1cc(-c2nc3ccccc3c(=O)[nH]2)ccc1Oc1ccc(C(F)(F)F)cc1[N+](=O)[O-]. The molecule has 1 aromatic heterocycles. The van der Waals surface area contributed by atoms with Crippen LogP contribution in [0.1, 0.15) is 5.56 Å². The molecule has 0 amide bonds. The van der Waals surface area contributed by atoms with Gasteiger partial charge in [0.25, 0.3) is 5.56 Å². The minimum atomic E-state index is -4.74. The Morgan fingerprint density at radius 2 is 1.73 bits per heavy atom. The van der Waals surface area contributed by atoms with Gasteiger partial charge in [-0.1, -0.05) is 12.1 Å². The van der Waals surface area contributed by atoms with Crippen molar-refractivity contribution in [1.82, 2.24) is 9.97 Å². The van der Waals surface area contributed by atoms with E-state index in [2.05, 4.69) is 9.97 Å². The standard InChI is InChI=1S/C22H14F3N3O5/c1-32-19-10-12(20-26-15-5-3-2-4-14(15)21(29)27-20)6-8-18(19)33-17-9-7-13(22(23,24)25)11-16(17)28(30)31/h2-11H,1H3,(H,26,27,29). The van der Waals surface area contributed by atoms with Crippen LogP contribution in [0.3, 0.4) is 0 Å². The Bertz CT molecular complexity index is 1430. The molecule has 1 heterocycles. The molecule has 0 bridgehead atoms. The van der Waals surface area contributed by atoms with Crippen molar-refractivity contribution >= 4 is 16.6 Å². The smallest absolute Gasteiger partial charge is 0.416 e. The van der Waals surface area contributed by atoms with Crippen LogP contribution in [0.2, 0.25) is 0 Å². The van der Waals surface area contributed by atoms with Crippen molar-refractivity contribution in [3.8, 4) is 28.6 Å². The number of aromatic nitrogens is 2. The van der Waals surface area contributed by atoms with E-state index in [1.165, 1.54) is 25.3 Å². The van der Waals surface area contributed by atoms with Gasteiger partial charge in [-0.3, -0.25) is 14.9 Å². The molecule has 0 fully saturated rings. The fraction of sp³-hybridized carbons (Fsp3) is 0.0909. The molecule has 3 aromatic carbocycles. The highest BCUT2D eigenvalue weighted by atomic mass is 19.4. The highest BCUT2D eigenvalue weighted by molar-refractivity contribution is 5.79. The van der Waals surface area contributed by atoms with E-state index < -0.39 is 28.1 Å². The van der Waals surface area contributed by atoms with Crippen molar-refractivity contribution < 1.29 is 27.6 Å². The molecule has 0 saturated heterocycles. The van der Waals surface area contributed by atoms with E-state index in [9.17, 15) is 28.1 Å². The van der Waals surface area contributed by atoms with Gasteiger partial charge in [0, 0.05) is 11.6 Å². The van der Waals surface area contributed by atoms with Crippen LogP contribution in [0.5, 0.6) is 17.2 Å². The number of aromatic amines is 1. The number of methoxy groups -OCH3 is 1. The van der Waals surface area contributed by atoms with E-state index >= 15 is 0 Å². The van der Waals surface area contributed by atoms with Gasteiger partial charge in [-0.15, -0.1) is 0 Å². The molecule has 0 aliphatic heterocycles. The minimum Gasteiger partial charge on any atom is -0.493 e. The predicted molar refractivity (Wildman–Crippen MR) is 113 cm³/mol. The van der Waals surface area contributed by atoms with E-state index in [1.54, 1.807) is 24.3 Å². The summed E-state index contributed by atoms with van der Waals surface area (Å²) in [5.41, 5.74) is -1.41. The quantitative estimate of drug-likeness (QED) is 0.321. The summed E-state index contributed by atoms with van der Waals surface area (Å²) in [5, 5.41) is 11.7. The van der Waals surface area contributed by atoms with E-state index in [0.717, 1.165) is 6.07 Å². The van der Waals surface area contributed by atoms with E-state index in [1.807, 2.05) is 0 Å². The zero-order valence-corrected chi connectivity index (χ0v) is 16.8. The largest absolute Gasteiger partial charge is 0.493 e. The number of halogens is 3. The molecule has 0 unspecified atom stereocenters. The molecule has 0 aliphatic rings. The van der Waals surface area contributed by atoms with Gasteiger partial charge >= 0.3 is 11.9 Å². The zero-order chi connectivity index (χ0) is 23.8. The van der Waals surface area contributed by atoms with E-state index in [0.29, 0.717) is 28.6 Å². The van der Waals surface area contributed by atoms with Gasteiger partial charge in [0.05, 0.1) is 28.5 Å². The lowest BCUT2D eigenvalue weighted by Crippen LogP contribution is -2.09. The van der Waals surface area contributed by atoms with Crippen molar-refractivity contribution in [2.24, 2.45) is 0 Å². The number of H-pyrrole nitrogens is 1. The van der Waals surface area contributed by atoms with Crippen molar-refractivity contribution in [2.45, 2.75) is 6.18 Å². The van der Waals surface area contributed by atoms with Crippen molar-refractivity contribution in [2.75, 3.05) is 7.11 Å². The number of benzene rings is 3. The first-order valence-electron chi connectivity index (χ1n) is 9.38. The number of nitro groups is 1. The summed E-state index contributed by atoms with van der Waals surface area (Å²) in [6.45, 7) is 0. The van der Waals surface area contributed by atoms with Crippen LogP contribution in [0.15, 0.2) is 65.5 Å². The van der Waals surface area contributed by atoms with Crippen LogP contribution in [0.4, 0.5) is 18.9 Å². The third kappa shape index (κ3) is 4.33. The highest BCUT2D eigenvalue weighted by Gasteiger charge is 2.33. The summed E-state index contributed by atoms with van der Waals surface area (Å²) in [6.07, 6.45) is -4.74. The number of nitrogens with one attached hydrogen (secondary N) is 1. The molecule has 0 saturated carbocycles. The Morgan fingerprint density at radius 3 is 2.42 bits per heavy atom. The Balaban J connectivity index is 1.73. The lowest BCUT2D eigenvalue weighted by atomic mass is 10.1. The molecule has 33 heavy (non-hydrogen) atoms. The summed E-state index contributed by atoms with van der Waals surface area (Å²) in [6, 6.07) is 13.2. The normalized spacial score (nSPS) is 11.4. The number of ether oxygens (including phenoxy) is 2. The maximum atomic E-state index is 12.9. The summed E-state index contributed by atoms with van der Waals surface area (Å²) < 4.78 is 49.6. The molecular weight excluding hydrogens is 443 g/mol. The number of nitro benzene ring substituents is 1. The van der Waals surface area contributed by atoms with E-state index in [-0.39, 0.29) is 22.9 Å². The molecule has 11 heteroatoms. The molecule has 1 N–H and O–H groups in total. The van der Waals surface area contributed by atoms with Crippen LogP contribution >= 0.6 is 0 Å². The molecule has 4 aromatic rings. The van der Waals surface area contributed by atoms with Gasteiger partial charge in [-0.25, -0.2) is 4.98 Å². The monoisotopic (exact) mass is 457 g/mol. The zero-order valence-electron chi connectivity index (χ0n) is 16.8. The Hall–Kier alpha value is -4.41.